The molecule has 0 aliphatic heterocycles. The molecule has 86 valence electrons. The van der Waals surface area contributed by atoms with Crippen LogP contribution in [0.2, 0.25) is 0 Å². The maximum atomic E-state index is 5.14. The Balaban J connectivity index is 2.97. The van der Waals surface area contributed by atoms with Crippen molar-refractivity contribution in [3.63, 3.8) is 0 Å². The van der Waals surface area contributed by atoms with Gasteiger partial charge in [0.25, 0.3) is 0 Å². The van der Waals surface area contributed by atoms with Crippen LogP contribution >= 0.6 is 0 Å². The minimum Gasteiger partial charge on any atom is -0.383 e. The lowest BCUT2D eigenvalue weighted by atomic mass is 10.1. The molecule has 0 radical (unpaired) electrons. The van der Waals surface area contributed by atoms with E-state index in [0.717, 1.165) is 19.0 Å². The highest BCUT2D eigenvalue weighted by molar-refractivity contribution is 5.11. The third kappa shape index (κ3) is 2.81. The van der Waals surface area contributed by atoms with Crippen LogP contribution < -0.4 is 0 Å². The molecular formula is C12H22N2O. The first-order valence-electron chi connectivity index (χ1n) is 5.62. The Morgan fingerprint density at radius 1 is 1.27 bits per heavy atom. The van der Waals surface area contributed by atoms with Gasteiger partial charge in [-0.3, -0.25) is 0 Å². The maximum Gasteiger partial charge on any atom is 0.111 e. The summed E-state index contributed by atoms with van der Waals surface area (Å²) in [5.41, 5.74) is 1.30. The largest absolute Gasteiger partial charge is 0.383 e. The number of rotatable bonds is 5. The highest BCUT2D eigenvalue weighted by Gasteiger charge is 2.14. The van der Waals surface area contributed by atoms with Gasteiger partial charge in [0.05, 0.1) is 6.61 Å². The van der Waals surface area contributed by atoms with Crippen molar-refractivity contribution >= 4 is 0 Å². The first-order chi connectivity index (χ1) is 7.07. The van der Waals surface area contributed by atoms with Crippen LogP contribution in [0.15, 0.2) is 6.20 Å². The second kappa shape index (κ2) is 5.31. The van der Waals surface area contributed by atoms with Crippen LogP contribution in [0.4, 0.5) is 0 Å². The molecule has 0 aliphatic carbocycles. The van der Waals surface area contributed by atoms with Gasteiger partial charge in [-0.25, -0.2) is 4.98 Å². The summed E-state index contributed by atoms with van der Waals surface area (Å²) in [4.78, 5) is 4.50. The molecule has 3 nitrogen and oxygen atoms in total. The number of imidazole rings is 1. The maximum absolute atomic E-state index is 5.14. The molecule has 1 aromatic rings. The number of methoxy groups -OCH3 is 1. The number of aromatic nitrogens is 2. The van der Waals surface area contributed by atoms with E-state index in [2.05, 4.69) is 37.2 Å². The molecule has 0 saturated carbocycles. The van der Waals surface area contributed by atoms with Gasteiger partial charge in [0, 0.05) is 31.5 Å². The zero-order chi connectivity index (χ0) is 11.4. The van der Waals surface area contributed by atoms with E-state index in [-0.39, 0.29) is 0 Å². The van der Waals surface area contributed by atoms with Gasteiger partial charge < -0.3 is 9.30 Å². The highest BCUT2D eigenvalue weighted by Crippen LogP contribution is 2.20. The van der Waals surface area contributed by atoms with Crippen LogP contribution in [-0.2, 0) is 11.3 Å². The average molecular weight is 210 g/mol. The van der Waals surface area contributed by atoms with Crippen molar-refractivity contribution in [2.45, 2.75) is 46.1 Å². The van der Waals surface area contributed by atoms with E-state index in [4.69, 9.17) is 4.74 Å². The predicted octanol–water partition coefficient (Wildman–Crippen LogP) is 2.78. The van der Waals surface area contributed by atoms with Gasteiger partial charge in [-0.2, -0.15) is 0 Å². The summed E-state index contributed by atoms with van der Waals surface area (Å²) in [5, 5.41) is 0. The average Bonchev–Trinajstić information content (AvgIpc) is 2.57. The molecule has 0 aromatic carbocycles. The Kier molecular flexibility index (Phi) is 4.33. The van der Waals surface area contributed by atoms with Gasteiger partial charge in [-0.05, 0) is 5.92 Å². The highest BCUT2D eigenvalue weighted by atomic mass is 16.5. The van der Waals surface area contributed by atoms with E-state index in [9.17, 15) is 0 Å². The Labute approximate surface area is 92.5 Å². The summed E-state index contributed by atoms with van der Waals surface area (Å²) in [6.45, 7) is 10.4. The SMILES string of the molecule is COCCn1c(C(C)C)cnc1C(C)C. The van der Waals surface area contributed by atoms with Crippen LogP contribution in [0.1, 0.15) is 51.0 Å². The second-order valence-corrected chi connectivity index (χ2v) is 4.50. The Hall–Kier alpha value is -0.830. The molecular weight excluding hydrogens is 188 g/mol. The van der Waals surface area contributed by atoms with E-state index < -0.39 is 0 Å². The third-order valence-electron chi connectivity index (χ3n) is 2.54. The summed E-state index contributed by atoms with van der Waals surface area (Å²) in [6, 6.07) is 0. The Bertz CT molecular complexity index is 277. The summed E-state index contributed by atoms with van der Waals surface area (Å²) in [6.07, 6.45) is 2.00. The summed E-state index contributed by atoms with van der Waals surface area (Å²) in [7, 11) is 1.74. The molecule has 0 spiro atoms. The van der Waals surface area contributed by atoms with Gasteiger partial charge in [-0.1, -0.05) is 27.7 Å². The minimum absolute atomic E-state index is 0.467. The fourth-order valence-electron chi connectivity index (χ4n) is 1.75. The van der Waals surface area contributed by atoms with Crippen molar-refractivity contribution in [2.24, 2.45) is 0 Å². The van der Waals surface area contributed by atoms with Crippen LogP contribution in [0.25, 0.3) is 0 Å². The van der Waals surface area contributed by atoms with Crippen LogP contribution in [0, 0.1) is 0 Å². The molecule has 0 bridgehead atoms. The fourth-order valence-corrected chi connectivity index (χ4v) is 1.75. The molecule has 0 amide bonds. The number of nitrogens with zero attached hydrogens (tertiary/aromatic N) is 2. The fraction of sp³-hybridized carbons (Fsp3) is 0.750. The molecule has 1 rings (SSSR count). The lowest BCUT2D eigenvalue weighted by Gasteiger charge is -2.15. The second-order valence-electron chi connectivity index (χ2n) is 4.50. The lowest BCUT2D eigenvalue weighted by Crippen LogP contribution is -2.13. The Morgan fingerprint density at radius 3 is 2.40 bits per heavy atom. The van der Waals surface area contributed by atoms with E-state index in [0.29, 0.717) is 11.8 Å². The normalized spacial score (nSPS) is 11.7. The standard InChI is InChI=1S/C12H22N2O/c1-9(2)11-8-13-12(10(3)4)14(11)6-7-15-5/h8-10H,6-7H2,1-5H3. The molecule has 0 fully saturated rings. The molecule has 0 N–H and O–H groups in total. The summed E-state index contributed by atoms with van der Waals surface area (Å²) < 4.78 is 7.43. The van der Waals surface area contributed by atoms with Crippen LogP contribution in [0.3, 0.4) is 0 Å². The zero-order valence-electron chi connectivity index (χ0n) is 10.4. The van der Waals surface area contributed by atoms with Crippen LogP contribution in [-0.4, -0.2) is 23.3 Å². The molecule has 0 atom stereocenters. The molecule has 0 aliphatic rings. The quantitative estimate of drug-likeness (QED) is 0.747. The lowest BCUT2D eigenvalue weighted by molar-refractivity contribution is 0.185. The van der Waals surface area contributed by atoms with E-state index in [1.165, 1.54) is 5.69 Å². The first-order valence-corrected chi connectivity index (χ1v) is 5.62. The summed E-state index contributed by atoms with van der Waals surface area (Å²) >= 11 is 0. The van der Waals surface area contributed by atoms with Gasteiger partial charge >= 0.3 is 0 Å². The van der Waals surface area contributed by atoms with Gasteiger partial charge in [0.2, 0.25) is 0 Å². The van der Waals surface area contributed by atoms with Crippen molar-refractivity contribution < 1.29 is 4.74 Å². The van der Waals surface area contributed by atoms with Crippen molar-refractivity contribution in [1.29, 1.82) is 0 Å². The van der Waals surface area contributed by atoms with E-state index >= 15 is 0 Å². The van der Waals surface area contributed by atoms with Crippen molar-refractivity contribution in [2.75, 3.05) is 13.7 Å². The van der Waals surface area contributed by atoms with Gasteiger partial charge in [0.15, 0.2) is 0 Å². The molecule has 3 heteroatoms. The molecule has 15 heavy (non-hydrogen) atoms. The summed E-state index contributed by atoms with van der Waals surface area (Å²) in [5.74, 6) is 2.15. The monoisotopic (exact) mass is 210 g/mol. The smallest absolute Gasteiger partial charge is 0.111 e. The van der Waals surface area contributed by atoms with Crippen LogP contribution in [0.5, 0.6) is 0 Å². The predicted molar refractivity (Wildman–Crippen MR) is 62.3 cm³/mol. The minimum atomic E-state index is 0.467. The molecule has 0 unspecified atom stereocenters. The molecule has 1 aromatic heterocycles. The number of ether oxygens (including phenoxy) is 1. The topological polar surface area (TPSA) is 27.1 Å². The molecule has 0 saturated heterocycles. The molecule has 1 heterocycles. The number of hydrogen-bond acceptors (Lipinski definition) is 2. The zero-order valence-corrected chi connectivity index (χ0v) is 10.4. The van der Waals surface area contributed by atoms with Crippen molar-refractivity contribution in [3.05, 3.63) is 17.7 Å². The van der Waals surface area contributed by atoms with Crippen molar-refractivity contribution in [1.82, 2.24) is 9.55 Å². The third-order valence-corrected chi connectivity index (χ3v) is 2.54. The van der Waals surface area contributed by atoms with Gasteiger partial charge in [0.1, 0.15) is 5.82 Å². The van der Waals surface area contributed by atoms with Gasteiger partial charge in [-0.15, -0.1) is 0 Å². The Morgan fingerprint density at radius 2 is 1.93 bits per heavy atom. The first kappa shape index (κ1) is 12.2. The van der Waals surface area contributed by atoms with Crippen molar-refractivity contribution in [3.8, 4) is 0 Å². The van der Waals surface area contributed by atoms with E-state index in [1.54, 1.807) is 7.11 Å². The van der Waals surface area contributed by atoms with E-state index in [1.807, 2.05) is 6.20 Å². The number of hydrogen-bond donors (Lipinski definition) is 0.